The summed E-state index contributed by atoms with van der Waals surface area (Å²) in [6, 6.07) is 0. The molecule has 0 rings (SSSR count). The molecule has 0 unspecified atom stereocenters. The molecule has 18 heavy (non-hydrogen) atoms. The second-order valence-corrected chi connectivity index (χ2v) is 4.36. The Morgan fingerprint density at radius 2 is 1.50 bits per heavy atom. The van der Waals surface area contributed by atoms with Crippen LogP contribution in [0.15, 0.2) is 0 Å². The predicted molar refractivity (Wildman–Crippen MR) is 69.2 cm³/mol. The highest BCUT2D eigenvalue weighted by atomic mass is 16.6. The van der Waals surface area contributed by atoms with Gasteiger partial charge in [-0.2, -0.15) is 0 Å². The van der Waals surface area contributed by atoms with Crippen LogP contribution in [0.3, 0.4) is 0 Å². The number of carbonyl (C=O) groups excluding carboxylic acids is 2. The number of esters is 2. The van der Waals surface area contributed by atoms with Crippen LogP contribution >= 0.6 is 0 Å². The lowest BCUT2D eigenvalue weighted by Crippen LogP contribution is -2.28. The van der Waals surface area contributed by atoms with E-state index in [2.05, 4.69) is 4.90 Å². The van der Waals surface area contributed by atoms with Crippen LogP contribution in [0.4, 0.5) is 0 Å². The molecule has 106 valence electrons. The molecule has 0 spiro atoms. The maximum absolute atomic E-state index is 11.7. The molecule has 0 aromatic rings. The van der Waals surface area contributed by atoms with E-state index in [0.717, 1.165) is 19.4 Å². The SMILES string of the molecule is CCOC(=O)C(CCCCN(C)C)C(=O)OCC. The molecule has 0 aliphatic heterocycles. The Kier molecular flexibility index (Phi) is 9.28. The smallest absolute Gasteiger partial charge is 0.320 e. The van der Waals surface area contributed by atoms with Gasteiger partial charge in [0.25, 0.3) is 0 Å². The molecule has 0 aromatic carbocycles. The van der Waals surface area contributed by atoms with Gasteiger partial charge in [0.2, 0.25) is 0 Å². The van der Waals surface area contributed by atoms with Crippen molar-refractivity contribution in [3.8, 4) is 0 Å². The summed E-state index contributed by atoms with van der Waals surface area (Å²) in [6.07, 6.45) is 2.24. The molecule has 0 aliphatic carbocycles. The molecule has 0 radical (unpaired) electrons. The first-order valence-corrected chi connectivity index (χ1v) is 6.50. The van der Waals surface area contributed by atoms with E-state index in [1.165, 1.54) is 0 Å². The minimum absolute atomic E-state index is 0.284. The highest BCUT2D eigenvalue weighted by Crippen LogP contribution is 2.13. The van der Waals surface area contributed by atoms with Crippen molar-refractivity contribution >= 4 is 11.9 Å². The zero-order chi connectivity index (χ0) is 14.0. The van der Waals surface area contributed by atoms with Crippen LogP contribution in [-0.2, 0) is 19.1 Å². The Balaban J connectivity index is 4.21. The second kappa shape index (κ2) is 9.88. The van der Waals surface area contributed by atoms with Crippen molar-refractivity contribution in [1.29, 1.82) is 0 Å². The first-order chi connectivity index (χ1) is 8.52. The Morgan fingerprint density at radius 1 is 1.00 bits per heavy atom. The number of unbranched alkanes of at least 4 members (excludes halogenated alkanes) is 1. The highest BCUT2D eigenvalue weighted by molar-refractivity contribution is 5.94. The molecule has 0 saturated carbocycles. The normalized spacial score (nSPS) is 10.8. The third-order valence-corrected chi connectivity index (χ3v) is 2.49. The molecule has 0 heterocycles. The van der Waals surface area contributed by atoms with Gasteiger partial charge < -0.3 is 14.4 Å². The summed E-state index contributed by atoms with van der Waals surface area (Å²) in [5, 5.41) is 0. The summed E-state index contributed by atoms with van der Waals surface area (Å²) in [5.74, 6) is -1.71. The summed E-state index contributed by atoms with van der Waals surface area (Å²) in [4.78, 5) is 25.4. The van der Waals surface area contributed by atoms with Crippen LogP contribution in [-0.4, -0.2) is 50.7 Å². The van der Waals surface area contributed by atoms with Gasteiger partial charge in [-0.15, -0.1) is 0 Å². The van der Waals surface area contributed by atoms with Crippen LogP contribution in [0.5, 0.6) is 0 Å². The largest absolute Gasteiger partial charge is 0.465 e. The molecule has 5 heteroatoms. The molecule has 0 fully saturated rings. The van der Waals surface area contributed by atoms with E-state index in [0.29, 0.717) is 6.42 Å². The summed E-state index contributed by atoms with van der Waals surface area (Å²) in [5.41, 5.74) is 0. The molecular formula is C13H25NO4. The molecule has 0 N–H and O–H groups in total. The number of hydrogen-bond acceptors (Lipinski definition) is 5. The molecule has 0 amide bonds. The molecule has 0 aliphatic rings. The van der Waals surface area contributed by atoms with Gasteiger partial charge in [0.15, 0.2) is 5.92 Å². The van der Waals surface area contributed by atoms with E-state index in [1.807, 2.05) is 14.1 Å². The number of nitrogens with zero attached hydrogens (tertiary/aromatic N) is 1. The quantitative estimate of drug-likeness (QED) is 0.356. The van der Waals surface area contributed by atoms with Gasteiger partial charge in [-0.1, -0.05) is 6.42 Å². The van der Waals surface area contributed by atoms with Gasteiger partial charge in [0.05, 0.1) is 13.2 Å². The number of ether oxygens (including phenoxy) is 2. The van der Waals surface area contributed by atoms with Crippen LogP contribution in [0.25, 0.3) is 0 Å². The average Bonchev–Trinajstić information content (AvgIpc) is 2.28. The van der Waals surface area contributed by atoms with Gasteiger partial charge in [0, 0.05) is 0 Å². The highest BCUT2D eigenvalue weighted by Gasteiger charge is 2.28. The third kappa shape index (κ3) is 7.27. The third-order valence-electron chi connectivity index (χ3n) is 2.49. The van der Waals surface area contributed by atoms with E-state index in [9.17, 15) is 9.59 Å². The summed E-state index contributed by atoms with van der Waals surface area (Å²) in [6.45, 7) is 4.97. The van der Waals surface area contributed by atoms with Crippen molar-refractivity contribution in [3.63, 3.8) is 0 Å². The van der Waals surface area contributed by atoms with Crippen molar-refractivity contribution < 1.29 is 19.1 Å². The fourth-order valence-electron chi connectivity index (χ4n) is 1.59. The number of carbonyl (C=O) groups is 2. The molecule has 5 nitrogen and oxygen atoms in total. The van der Waals surface area contributed by atoms with Crippen molar-refractivity contribution in [1.82, 2.24) is 4.90 Å². The Bertz CT molecular complexity index is 235. The summed E-state index contributed by atoms with van der Waals surface area (Å²) < 4.78 is 9.80. The Morgan fingerprint density at radius 3 is 1.89 bits per heavy atom. The topological polar surface area (TPSA) is 55.8 Å². The molecule has 0 bridgehead atoms. The Hall–Kier alpha value is -1.10. The molecule has 0 aromatic heterocycles. The van der Waals surface area contributed by atoms with Crippen LogP contribution in [0.2, 0.25) is 0 Å². The zero-order valence-corrected chi connectivity index (χ0v) is 11.9. The van der Waals surface area contributed by atoms with Gasteiger partial charge in [-0.3, -0.25) is 9.59 Å². The van der Waals surface area contributed by atoms with Gasteiger partial charge in [-0.05, 0) is 47.3 Å². The number of hydrogen-bond donors (Lipinski definition) is 0. The summed E-state index contributed by atoms with van der Waals surface area (Å²) >= 11 is 0. The molecule has 0 saturated heterocycles. The zero-order valence-electron chi connectivity index (χ0n) is 11.9. The first kappa shape index (κ1) is 16.9. The van der Waals surface area contributed by atoms with Gasteiger partial charge >= 0.3 is 11.9 Å². The first-order valence-electron chi connectivity index (χ1n) is 6.50. The Labute approximate surface area is 109 Å². The fraction of sp³-hybridized carbons (Fsp3) is 0.846. The van der Waals surface area contributed by atoms with E-state index in [1.54, 1.807) is 13.8 Å². The fourth-order valence-corrected chi connectivity index (χ4v) is 1.59. The monoisotopic (exact) mass is 259 g/mol. The van der Waals surface area contributed by atoms with Crippen LogP contribution < -0.4 is 0 Å². The average molecular weight is 259 g/mol. The van der Waals surface area contributed by atoms with E-state index in [-0.39, 0.29) is 13.2 Å². The van der Waals surface area contributed by atoms with Crippen molar-refractivity contribution in [3.05, 3.63) is 0 Å². The van der Waals surface area contributed by atoms with Crippen LogP contribution in [0, 0.1) is 5.92 Å². The minimum atomic E-state index is -0.771. The number of rotatable bonds is 9. The summed E-state index contributed by atoms with van der Waals surface area (Å²) in [7, 11) is 3.99. The standard InChI is InChI=1S/C13H25NO4/c1-5-17-12(15)11(13(16)18-6-2)9-7-8-10-14(3)4/h11H,5-10H2,1-4H3. The van der Waals surface area contributed by atoms with Crippen LogP contribution in [0.1, 0.15) is 33.1 Å². The van der Waals surface area contributed by atoms with Crippen molar-refractivity contribution in [2.45, 2.75) is 33.1 Å². The predicted octanol–water partition coefficient (Wildman–Crippen LogP) is 1.46. The molecule has 0 atom stereocenters. The van der Waals surface area contributed by atoms with E-state index < -0.39 is 17.9 Å². The van der Waals surface area contributed by atoms with Crippen molar-refractivity contribution in [2.24, 2.45) is 5.92 Å². The minimum Gasteiger partial charge on any atom is -0.465 e. The van der Waals surface area contributed by atoms with E-state index >= 15 is 0 Å². The maximum Gasteiger partial charge on any atom is 0.320 e. The lowest BCUT2D eigenvalue weighted by Gasteiger charge is -2.15. The van der Waals surface area contributed by atoms with E-state index in [4.69, 9.17) is 9.47 Å². The second-order valence-electron chi connectivity index (χ2n) is 4.36. The lowest BCUT2D eigenvalue weighted by molar-refractivity contribution is -0.161. The van der Waals surface area contributed by atoms with Gasteiger partial charge in [0.1, 0.15) is 0 Å². The van der Waals surface area contributed by atoms with Crippen molar-refractivity contribution in [2.75, 3.05) is 33.9 Å². The van der Waals surface area contributed by atoms with Gasteiger partial charge in [-0.25, -0.2) is 0 Å². The molecular weight excluding hydrogens is 234 g/mol. The maximum atomic E-state index is 11.7. The lowest BCUT2D eigenvalue weighted by atomic mass is 10.0.